The van der Waals surface area contributed by atoms with Gasteiger partial charge < -0.3 is 4.57 Å². The quantitative estimate of drug-likeness (QED) is 0.282. The Morgan fingerprint density at radius 2 is 1.91 bits per heavy atom. The van der Waals surface area contributed by atoms with Crippen LogP contribution in [0.4, 0.5) is 0 Å². The number of rotatable bonds is 5. The summed E-state index contributed by atoms with van der Waals surface area (Å²) in [5, 5.41) is 3.54. The van der Waals surface area contributed by atoms with Gasteiger partial charge in [-0.2, -0.15) is 0 Å². The van der Waals surface area contributed by atoms with Crippen LogP contribution in [0, 0.1) is 13.8 Å². The number of hydrogen-bond donors (Lipinski definition) is 1. The van der Waals surface area contributed by atoms with E-state index in [0.29, 0.717) is 11.6 Å². The minimum atomic E-state index is -0.454. The number of nitrogens with zero attached hydrogens (tertiary/aromatic N) is 2. The van der Waals surface area contributed by atoms with Crippen molar-refractivity contribution in [3.8, 4) is 5.69 Å². The van der Waals surface area contributed by atoms with Gasteiger partial charge in [0, 0.05) is 28.6 Å². The van der Waals surface area contributed by atoms with E-state index in [1.54, 1.807) is 6.08 Å². The highest BCUT2D eigenvalue weighted by atomic mass is 35.5. The first-order chi connectivity index (χ1) is 15.3. The molecule has 166 valence electrons. The van der Waals surface area contributed by atoms with Crippen molar-refractivity contribution in [2.24, 2.45) is 0 Å². The lowest BCUT2D eigenvalue weighted by Crippen LogP contribution is -2.54. The monoisotopic (exact) mass is 467 g/mol. The molecule has 1 aliphatic carbocycles. The summed E-state index contributed by atoms with van der Waals surface area (Å²) in [6.45, 7) is 4.44. The van der Waals surface area contributed by atoms with Crippen LogP contribution in [0.2, 0.25) is 5.02 Å². The summed E-state index contributed by atoms with van der Waals surface area (Å²) < 4.78 is 2.08. The first kappa shape index (κ1) is 22.5. The lowest BCUT2D eigenvalue weighted by Gasteiger charge is -2.29. The zero-order chi connectivity index (χ0) is 22.8. The molecule has 1 N–H and O–H groups in total. The van der Waals surface area contributed by atoms with Crippen molar-refractivity contribution in [3.63, 3.8) is 0 Å². The molecule has 2 heterocycles. The second-order valence-electron chi connectivity index (χ2n) is 8.27. The summed E-state index contributed by atoms with van der Waals surface area (Å²) in [4.78, 5) is 27.3. The van der Waals surface area contributed by atoms with E-state index in [2.05, 4.69) is 16.0 Å². The van der Waals surface area contributed by atoms with Crippen molar-refractivity contribution in [2.75, 3.05) is 6.54 Å². The van der Waals surface area contributed by atoms with Gasteiger partial charge in [0.05, 0.1) is 0 Å². The minimum Gasteiger partial charge on any atom is -0.318 e. The van der Waals surface area contributed by atoms with Crippen molar-refractivity contribution >= 4 is 46.8 Å². The zero-order valence-corrected chi connectivity index (χ0v) is 19.9. The summed E-state index contributed by atoms with van der Waals surface area (Å²) in [6.07, 6.45) is 9.29. The van der Waals surface area contributed by atoms with Gasteiger partial charge in [0.1, 0.15) is 5.57 Å². The molecule has 32 heavy (non-hydrogen) atoms. The third-order valence-corrected chi connectivity index (χ3v) is 6.66. The molecule has 0 spiro atoms. The fraction of sp³-hybridized carbons (Fsp3) is 0.320. The molecule has 5 nitrogen and oxygen atoms in total. The van der Waals surface area contributed by atoms with E-state index in [0.717, 1.165) is 41.9 Å². The van der Waals surface area contributed by atoms with Crippen molar-refractivity contribution < 1.29 is 9.59 Å². The fourth-order valence-electron chi connectivity index (χ4n) is 4.36. The van der Waals surface area contributed by atoms with Crippen molar-refractivity contribution in [1.29, 1.82) is 0 Å². The standard InChI is InChI=1S/C25H26ClN3O2S/c1-16-14-19(17(2)29(16)21-10-8-20(26)9-11-21)15-22-23(30)27-25(32)28(24(22)31)13-12-18-6-4-3-5-7-18/h6,8-11,14-15H,3-5,7,12-13H2,1-2H3,(H,27,30,32)/b22-15-. The van der Waals surface area contributed by atoms with E-state index >= 15 is 0 Å². The Bertz CT molecular complexity index is 1140. The van der Waals surface area contributed by atoms with E-state index in [1.807, 2.05) is 44.2 Å². The summed E-state index contributed by atoms with van der Waals surface area (Å²) in [6, 6.07) is 9.54. The maximum Gasteiger partial charge on any atom is 0.265 e. The van der Waals surface area contributed by atoms with Crippen LogP contribution in [-0.2, 0) is 9.59 Å². The Morgan fingerprint density at radius 3 is 2.59 bits per heavy atom. The Morgan fingerprint density at radius 1 is 1.16 bits per heavy atom. The van der Waals surface area contributed by atoms with Crippen LogP contribution in [0.1, 0.15) is 49.1 Å². The van der Waals surface area contributed by atoms with Crippen LogP contribution in [0.15, 0.2) is 47.6 Å². The minimum absolute atomic E-state index is 0.104. The third-order valence-electron chi connectivity index (χ3n) is 6.08. The molecule has 7 heteroatoms. The van der Waals surface area contributed by atoms with Crippen molar-refractivity contribution in [1.82, 2.24) is 14.8 Å². The molecule has 0 radical (unpaired) electrons. The fourth-order valence-corrected chi connectivity index (χ4v) is 4.75. The number of thiocarbonyl (C=S) groups is 1. The SMILES string of the molecule is Cc1cc(/C=C2/C(=O)NC(=S)N(CCC3=CCCCC3)C2=O)c(C)n1-c1ccc(Cl)cc1. The number of carbonyl (C=O) groups is 2. The summed E-state index contributed by atoms with van der Waals surface area (Å²) >= 11 is 11.3. The molecule has 1 aromatic heterocycles. The lowest BCUT2D eigenvalue weighted by molar-refractivity contribution is -0.128. The largest absolute Gasteiger partial charge is 0.318 e. The lowest BCUT2D eigenvalue weighted by atomic mass is 9.97. The maximum absolute atomic E-state index is 13.2. The van der Waals surface area contributed by atoms with E-state index in [4.69, 9.17) is 23.8 Å². The predicted octanol–water partition coefficient (Wildman–Crippen LogP) is 5.26. The second-order valence-corrected chi connectivity index (χ2v) is 9.09. The Kier molecular flexibility index (Phi) is 6.63. The average Bonchev–Trinajstić information content (AvgIpc) is 3.05. The van der Waals surface area contributed by atoms with Gasteiger partial charge in [-0.25, -0.2) is 0 Å². The highest BCUT2D eigenvalue weighted by Crippen LogP contribution is 2.26. The topological polar surface area (TPSA) is 54.3 Å². The van der Waals surface area contributed by atoms with Gasteiger partial charge in [-0.15, -0.1) is 0 Å². The van der Waals surface area contributed by atoms with E-state index in [9.17, 15) is 9.59 Å². The van der Waals surface area contributed by atoms with Crippen LogP contribution in [-0.4, -0.2) is 32.9 Å². The van der Waals surface area contributed by atoms with Crippen LogP contribution in [0.5, 0.6) is 0 Å². The molecule has 1 fully saturated rings. The first-order valence-electron chi connectivity index (χ1n) is 10.9. The van der Waals surface area contributed by atoms with Gasteiger partial charge in [0.2, 0.25) is 0 Å². The summed E-state index contributed by atoms with van der Waals surface area (Å²) in [5.41, 5.74) is 5.19. The van der Waals surface area contributed by atoms with Gasteiger partial charge in [0.25, 0.3) is 11.8 Å². The van der Waals surface area contributed by atoms with Gasteiger partial charge in [-0.3, -0.25) is 19.8 Å². The average molecular weight is 468 g/mol. The molecular weight excluding hydrogens is 442 g/mol. The predicted molar refractivity (Wildman–Crippen MR) is 132 cm³/mol. The molecule has 2 aromatic rings. The smallest absolute Gasteiger partial charge is 0.265 e. The Hall–Kier alpha value is -2.70. The van der Waals surface area contributed by atoms with Crippen molar-refractivity contribution in [2.45, 2.75) is 46.0 Å². The molecule has 1 aliphatic heterocycles. The Labute approximate surface area is 198 Å². The van der Waals surface area contributed by atoms with Gasteiger partial charge in [-0.05, 0) is 100 Å². The van der Waals surface area contributed by atoms with Crippen LogP contribution < -0.4 is 5.32 Å². The molecule has 2 amide bonds. The molecule has 1 saturated heterocycles. The number of allylic oxidation sites excluding steroid dienone is 1. The summed E-state index contributed by atoms with van der Waals surface area (Å²) in [5.74, 6) is -0.795. The zero-order valence-electron chi connectivity index (χ0n) is 18.3. The molecule has 0 atom stereocenters. The summed E-state index contributed by atoms with van der Waals surface area (Å²) in [7, 11) is 0. The maximum atomic E-state index is 13.2. The van der Waals surface area contributed by atoms with Crippen LogP contribution in [0.3, 0.4) is 0 Å². The highest BCUT2D eigenvalue weighted by molar-refractivity contribution is 7.80. The third kappa shape index (κ3) is 4.57. The molecule has 1 aromatic carbocycles. The molecule has 2 aliphatic rings. The van der Waals surface area contributed by atoms with Gasteiger partial charge in [0.15, 0.2) is 5.11 Å². The number of aromatic nitrogens is 1. The second kappa shape index (κ2) is 9.43. The van der Waals surface area contributed by atoms with E-state index in [-0.39, 0.29) is 16.6 Å². The number of nitrogens with one attached hydrogen (secondary N) is 1. The molecule has 0 bridgehead atoms. The van der Waals surface area contributed by atoms with Crippen LogP contribution in [0.25, 0.3) is 11.8 Å². The molecule has 0 saturated carbocycles. The first-order valence-corrected chi connectivity index (χ1v) is 11.7. The molecule has 4 rings (SSSR count). The van der Waals surface area contributed by atoms with Crippen LogP contribution >= 0.6 is 23.8 Å². The molecule has 0 unspecified atom stereocenters. The number of amides is 2. The van der Waals surface area contributed by atoms with E-state index in [1.165, 1.54) is 23.3 Å². The van der Waals surface area contributed by atoms with Gasteiger partial charge in [-0.1, -0.05) is 23.3 Å². The van der Waals surface area contributed by atoms with Gasteiger partial charge >= 0.3 is 0 Å². The highest BCUT2D eigenvalue weighted by Gasteiger charge is 2.33. The molecular formula is C25H26ClN3O2S. The number of halogens is 1. The number of carbonyl (C=O) groups excluding carboxylic acids is 2. The Balaban J connectivity index is 1.61. The number of aryl methyl sites for hydroxylation is 1. The van der Waals surface area contributed by atoms with Crippen molar-refractivity contribution in [3.05, 3.63) is 69.5 Å². The number of hydrogen-bond acceptors (Lipinski definition) is 3. The van der Waals surface area contributed by atoms with E-state index < -0.39 is 5.91 Å². The normalized spacial score (nSPS) is 18.2. The number of benzene rings is 1.